The van der Waals surface area contributed by atoms with Gasteiger partial charge in [0.2, 0.25) is 11.8 Å². The van der Waals surface area contributed by atoms with Gasteiger partial charge in [0.25, 0.3) is 0 Å². The fraction of sp³-hybridized carbons (Fsp3) is 0.421. The van der Waals surface area contributed by atoms with E-state index in [0.717, 1.165) is 16.7 Å². The van der Waals surface area contributed by atoms with Crippen molar-refractivity contribution >= 4 is 23.9 Å². The van der Waals surface area contributed by atoms with Crippen LogP contribution in [0.15, 0.2) is 91.0 Å². The number of hydrogen-bond donors (Lipinski definition) is 3. The number of benzene rings is 3. The first-order valence-electron chi connectivity index (χ1n) is 16.3. The van der Waals surface area contributed by atoms with Gasteiger partial charge in [-0.05, 0) is 56.7 Å². The van der Waals surface area contributed by atoms with Gasteiger partial charge < -0.3 is 30.2 Å². The number of esters is 1. The van der Waals surface area contributed by atoms with Crippen LogP contribution < -0.4 is 16.0 Å². The van der Waals surface area contributed by atoms with Crippen molar-refractivity contribution < 1.29 is 33.4 Å². The minimum atomic E-state index is -1.13. The second-order valence-corrected chi connectivity index (χ2v) is 13.2. The maximum atomic E-state index is 13.9. The first kappa shape index (κ1) is 37.8. The van der Waals surface area contributed by atoms with E-state index in [9.17, 15) is 19.2 Å². The zero-order valence-corrected chi connectivity index (χ0v) is 28.7. The Labute approximate surface area is 283 Å². The van der Waals surface area contributed by atoms with Crippen LogP contribution in [0.3, 0.4) is 0 Å². The normalized spacial score (nSPS) is 13.8. The molecular formula is C38H49N3O7. The highest BCUT2D eigenvalue weighted by Gasteiger charge is 2.34. The molecule has 10 heteroatoms. The lowest BCUT2D eigenvalue weighted by Crippen LogP contribution is -2.60. The Morgan fingerprint density at radius 2 is 1.17 bits per heavy atom. The number of carbonyl (C=O) groups is 4. The second kappa shape index (κ2) is 18.6. The van der Waals surface area contributed by atoms with Gasteiger partial charge in [0, 0.05) is 6.42 Å². The van der Waals surface area contributed by atoms with E-state index in [1.54, 1.807) is 27.7 Å². The average molecular weight is 660 g/mol. The zero-order chi connectivity index (χ0) is 35.1. The van der Waals surface area contributed by atoms with Crippen molar-refractivity contribution in [2.45, 2.75) is 91.5 Å². The predicted molar refractivity (Wildman–Crippen MR) is 183 cm³/mol. The van der Waals surface area contributed by atoms with Crippen molar-refractivity contribution in [1.82, 2.24) is 16.0 Å². The molecule has 0 aliphatic heterocycles. The summed E-state index contributed by atoms with van der Waals surface area (Å²) < 4.78 is 17.1. The summed E-state index contributed by atoms with van der Waals surface area (Å²) in [7, 11) is 0. The molecule has 3 amide bonds. The molecule has 0 saturated heterocycles. The highest BCUT2D eigenvalue weighted by atomic mass is 16.6. The van der Waals surface area contributed by atoms with Crippen molar-refractivity contribution in [2.24, 2.45) is 11.8 Å². The Bertz CT molecular complexity index is 1440. The van der Waals surface area contributed by atoms with Gasteiger partial charge >= 0.3 is 12.1 Å². The van der Waals surface area contributed by atoms with Gasteiger partial charge in [0.15, 0.2) is 0 Å². The molecule has 3 aromatic rings. The van der Waals surface area contributed by atoms with Crippen LogP contribution in [0, 0.1) is 11.8 Å². The third-order valence-electron chi connectivity index (χ3n) is 7.24. The van der Waals surface area contributed by atoms with Gasteiger partial charge in [0.05, 0.1) is 12.7 Å². The molecule has 0 aliphatic rings. The van der Waals surface area contributed by atoms with Crippen molar-refractivity contribution in [1.29, 1.82) is 0 Å². The Morgan fingerprint density at radius 1 is 0.667 bits per heavy atom. The lowest BCUT2D eigenvalue weighted by Gasteiger charge is -2.30. The van der Waals surface area contributed by atoms with Gasteiger partial charge in [-0.3, -0.25) is 14.4 Å². The molecule has 4 atom stereocenters. The van der Waals surface area contributed by atoms with Crippen LogP contribution in [0.4, 0.5) is 4.79 Å². The molecule has 0 radical (unpaired) electrons. The maximum absolute atomic E-state index is 13.9. The van der Waals surface area contributed by atoms with E-state index in [1.807, 2.05) is 105 Å². The zero-order valence-electron chi connectivity index (χ0n) is 28.7. The van der Waals surface area contributed by atoms with Gasteiger partial charge in [-0.2, -0.15) is 0 Å². The molecule has 0 saturated carbocycles. The highest BCUT2D eigenvalue weighted by Crippen LogP contribution is 2.17. The minimum Gasteiger partial charge on any atom is -0.460 e. The largest absolute Gasteiger partial charge is 0.460 e. The average Bonchev–Trinajstić information content (AvgIpc) is 3.04. The Morgan fingerprint density at radius 3 is 1.69 bits per heavy atom. The summed E-state index contributed by atoms with van der Waals surface area (Å²) in [5, 5.41) is 8.37. The van der Waals surface area contributed by atoms with E-state index in [0.29, 0.717) is 0 Å². The van der Waals surface area contributed by atoms with Gasteiger partial charge in [-0.25, -0.2) is 4.79 Å². The summed E-state index contributed by atoms with van der Waals surface area (Å²) >= 11 is 0. The first-order valence-corrected chi connectivity index (χ1v) is 16.3. The highest BCUT2D eigenvalue weighted by molar-refractivity contribution is 5.98. The van der Waals surface area contributed by atoms with Crippen LogP contribution in [0.5, 0.6) is 0 Å². The molecule has 0 fully saturated rings. The van der Waals surface area contributed by atoms with E-state index >= 15 is 0 Å². The topological polar surface area (TPSA) is 132 Å². The lowest BCUT2D eigenvalue weighted by molar-refractivity contribution is -0.155. The molecule has 48 heavy (non-hydrogen) atoms. The monoisotopic (exact) mass is 659 g/mol. The van der Waals surface area contributed by atoms with E-state index in [4.69, 9.17) is 14.2 Å². The number of carbonyl (C=O) groups excluding carboxylic acids is 4. The summed E-state index contributed by atoms with van der Waals surface area (Å²) in [6.45, 7) is 11.0. The third-order valence-corrected chi connectivity index (χ3v) is 7.24. The molecule has 3 aromatic carbocycles. The summed E-state index contributed by atoms with van der Waals surface area (Å²) in [6.07, 6.45) is -2.17. The first-order chi connectivity index (χ1) is 22.8. The van der Waals surface area contributed by atoms with E-state index in [-0.39, 0.29) is 32.0 Å². The van der Waals surface area contributed by atoms with Crippen molar-refractivity contribution in [3.05, 3.63) is 108 Å². The van der Waals surface area contributed by atoms with E-state index in [2.05, 4.69) is 16.0 Å². The van der Waals surface area contributed by atoms with Gasteiger partial charge in [0.1, 0.15) is 30.3 Å². The van der Waals surface area contributed by atoms with Crippen LogP contribution >= 0.6 is 0 Å². The number of ether oxygens (including phenoxy) is 3. The van der Waals surface area contributed by atoms with Crippen LogP contribution in [0.25, 0.3) is 0 Å². The van der Waals surface area contributed by atoms with Crippen LogP contribution in [-0.2, 0) is 48.2 Å². The second-order valence-electron chi connectivity index (χ2n) is 13.2. The van der Waals surface area contributed by atoms with Crippen LogP contribution in [0.2, 0.25) is 0 Å². The van der Waals surface area contributed by atoms with Crippen molar-refractivity contribution in [3.8, 4) is 0 Å². The number of nitrogens with one attached hydrogen (secondary N) is 3. The molecule has 0 bridgehead atoms. The molecule has 1 unspecified atom stereocenters. The third kappa shape index (κ3) is 13.6. The Kier molecular flexibility index (Phi) is 14.6. The minimum absolute atomic E-state index is 0.00176. The van der Waals surface area contributed by atoms with E-state index in [1.165, 1.54) is 0 Å². The smallest absolute Gasteiger partial charge is 0.408 e. The van der Waals surface area contributed by atoms with Crippen LogP contribution in [-0.4, -0.2) is 47.8 Å². The number of hydrogen-bond acceptors (Lipinski definition) is 7. The summed E-state index contributed by atoms with van der Waals surface area (Å²) in [5.74, 6) is -2.98. The number of amides is 3. The molecule has 0 spiro atoms. The molecule has 258 valence electrons. The van der Waals surface area contributed by atoms with Gasteiger partial charge in [-0.1, -0.05) is 105 Å². The summed E-state index contributed by atoms with van der Waals surface area (Å²) in [4.78, 5) is 53.7. The molecule has 0 heterocycles. The fourth-order valence-corrected chi connectivity index (χ4v) is 4.80. The number of rotatable bonds is 16. The molecular weight excluding hydrogens is 610 g/mol. The molecule has 10 nitrogen and oxygen atoms in total. The van der Waals surface area contributed by atoms with E-state index < -0.39 is 53.7 Å². The van der Waals surface area contributed by atoms with Crippen molar-refractivity contribution in [2.75, 3.05) is 0 Å². The lowest BCUT2D eigenvalue weighted by atomic mass is 9.96. The summed E-state index contributed by atoms with van der Waals surface area (Å²) in [5.41, 5.74) is 1.72. The maximum Gasteiger partial charge on any atom is 0.408 e. The fourth-order valence-electron chi connectivity index (χ4n) is 4.80. The predicted octanol–water partition coefficient (Wildman–Crippen LogP) is 5.69. The van der Waals surface area contributed by atoms with Gasteiger partial charge in [-0.15, -0.1) is 0 Å². The molecule has 3 N–H and O–H groups in total. The molecule has 0 aromatic heterocycles. The Balaban J connectivity index is 1.83. The van der Waals surface area contributed by atoms with Crippen LogP contribution in [0.1, 0.15) is 64.7 Å². The summed E-state index contributed by atoms with van der Waals surface area (Å²) in [6, 6.07) is 26.9. The standard InChI is InChI=1S/C38H49N3O7/c1-26(2)22-31(36(44)47-25-30-20-14-9-15-21-30)34(42)40-33(27(3)46-24-29-18-12-8-13-19-29)41-35(43)32(23-28-16-10-7-11-17-28)39-37(45)48-38(4,5)6/h7-21,26-27,31-33H,22-25H2,1-6H3,(H,39,45)(H,40,42)(H,41,43)/t27-,31?,32+,33+/m1/s1. The number of alkyl carbamates (subject to hydrolysis) is 1. The Hall–Kier alpha value is -4.70. The SMILES string of the molecule is CC(C)CC(C(=O)N[C@@H](NC(=O)[C@H](Cc1ccccc1)NC(=O)OC(C)(C)C)[C@@H](C)OCc1ccccc1)C(=O)OCc1ccccc1. The van der Waals surface area contributed by atoms with Crippen molar-refractivity contribution in [3.63, 3.8) is 0 Å². The quantitative estimate of drug-likeness (QED) is 0.102. The molecule has 0 aliphatic carbocycles. The molecule has 3 rings (SSSR count).